The third kappa shape index (κ3) is 9.56. The van der Waals surface area contributed by atoms with Crippen LogP contribution < -0.4 is 0 Å². The average Bonchev–Trinajstić information content (AvgIpc) is 3.01. The van der Waals surface area contributed by atoms with E-state index in [-0.39, 0.29) is 18.9 Å². The van der Waals surface area contributed by atoms with E-state index in [2.05, 4.69) is 6.92 Å². The maximum Gasteiger partial charge on any atom is 0.326 e. The summed E-state index contributed by atoms with van der Waals surface area (Å²) in [5, 5.41) is 18.7. The Morgan fingerprint density at radius 1 is 0.846 bits per heavy atom. The van der Waals surface area contributed by atoms with Gasteiger partial charge in [0.05, 0.1) is 6.10 Å². The van der Waals surface area contributed by atoms with Crippen LogP contribution in [0, 0.1) is 0 Å². The SMILES string of the molecule is CCCCCCCCCCCCCCCC(=O)N1C[C@@H](O)C[C@@H]1C(=O)O. The standard InChI is InChI=1S/C21H39NO4/c1-2-3-4-5-6-7-8-9-10-11-12-13-14-15-20(24)22-17-18(23)16-19(22)21(25)26/h18-19,23H,2-17H2,1H3,(H,25,26)/t18-,19+/m0/s1. The van der Waals surface area contributed by atoms with E-state index in [0.29, 0.717) is 6.42 Å². The first-order valence-electron chi connectivity index (χ1n) is 10.8. The molecular weight excluding hydrogens is 330 g/mol. The van der Waals surface area contributed by atoms with E-state index in [1.807, 2.05) is 0 Å². The minimum Gasteiger partial charge on any atom is -0.480 e. The number of β-amino-alcohol motifs (C(OH)–C–C–N with tert-alkyl or cyclic N) is 1. The highest BCUT2D eigenvalue weighted by Gasteiger charge is 2.38. The van der Waals surface area contributed by atoms with Gasteiger partial charge in [0, 0.05) is 19.4 Å². The number of hydrogen-bond donors (Lipinski definition) is 2. The Morgan fingerprint density at radius 2 is 1.31 bits per heavy atom. The predicted octanol–water partition coefficient (Wildman–Crippen LogP) is 4.51. The van der Waals surface area contributed by atoms with Crippen LogP contribution in [0.25, 0.3) is 0 Å². The molecule has 0 aromatic carbocycles. The molecule has 5 nitrogen and oxygen atoms in total. The van der Waals surface area contributed by atoms with Crippen molar-refractivity contribution in [2.45, 2.75) is 115 Å². The summed E-state index contributed by atoms with van der Waals surface area (Å²) >= 11 is 0. The number of rotatable bonds is 15. The summed E-state index contributed by atoms with van der Waals surface area (Å²) in [6.45, 7) is 2.41. The lowest BCUT2D eigenvalue weighted by Crippen LogP contribution is -2.40. The van der Waals surface area contributed by atoms with Crippen LogP contribution >= 0.6 is 0 Å². The summed E-state index contributed by atoms with van der Waals surface area (Å²) in [7, 11) is 0. The summed E-state index contributed by atoms with van der Waals surface area (Å²) in [5.41, 5.74) is 0. The van der Waals surface area contributed by atoms with E-state index in [4.69, 9.17) is 5.11 Å². The number of carbonyl (C=O) groups is 2. The van der Waals surface area contributed by atoms with Crippen molar-refractivity contribution < 1.29 is 19.8 Å². The van der Waals surface area contributed by atoms with Crippen LogP contribution in [0.15, 0.2) is 0 Å². The number of aliphatic hydroxyl groups is 1. The lowest BCUT2D eigenvalue weighted by molar-refractivity contribution is -0.148. The molecule has 1 aliphatic rings. The van der Waals surface area contributed by atoms with Gasteiger partial charge in [-0.05, 0) is 6.42 Å². The van der Waals surface area contributed by atoms with E-state index in [1.165, 1.54) is 69.1 Å². The van der Waals surface area contributed by atoms with E-state index >= 15 is 0 Å². The van der Waals surface area contributed by atoms with Crippen molar-refractivity contribution in [1.29, 1.82) is 0 Å². The lowest BCUT2D eigenvalue weighted by Gasteiger charge is -2.21. The Kier molecular flexibility index (Phi) is 12.4. The number of carboxylic acid groups (broad SMARTS) is 1. The first-order valence-corrected chi connectivity index (χ1v) is 10.8. The Balaban J connectivity index is 1.94. The Hall–Kier alpha value is -1.10. The Morgan fingerprint density at radius 3 is 1.77 bits per heavy atom. The van der Waals surface area contributed by atoms with E-state index in [9.17, 15) is 14.7 Å². The molecule has 0 saturated carbocycles. The van der Waals surface area contributed by atoms with Crippen LogP contribution in [-0.2, 0) is 9.59 Å². The smallest absolute Gasteiger partial charge is 0.326 e. The summed E-state index contributed by atoms with van der Waals surface area (Å²) in [5.74, 6) is -1.14. The fourth-order valence-electron chi connectivity index (χ4n) is 3.76. The monoisotopic (exact) mass is 369 g/mol. The molecule has 0 aromatic heterocycles. The zero-order chi connectivity index (χ0) is 19.2. The summed E-state index contributed by atoms with van der Waals surface area (Å²) in [6.07, 6.45) is 16.2. The zero-order valence-corrected chi connectivity index (χ0v) is 16.6. The molecular formula is C21H39NO4. The second-order valence-electron chi connectivity index (χ2n) is 7.78. The predicted molar refractivity (Wildman–Crippen MR) is 104 cm³/mol. The van der Waals surface area contributed by atoms with Gasteiger partial charge in [-0.1, -0.05) is 84.0 Å². The number of aliphatic carboxylic acids is 1. The number of nitrogens with zero attached hydrogens (tertiary/aromatic N) is 1. The van der Waals surface area contributed by atoms with Crippen molar-refractivity contribution in [3.05, 3.63) is 0 Å². The van der Waals surface area contributed by atoms with Gasteiger partial charge >= 0.3 is 5.97 Å². The van der Waals surface area contributed by atoms with E-state index in [0.717, 1.165) is 19.3 Å². The van der Waals surface area contributed by atoms with E-state index in [1.54, 1.807) is 0 Å². The fourth-order valence-corrected chi connectivity index (χ4v) is 3.76. The second-order valence-corrected chi connectivity index (χ2v) is 7.78. The van der Waals surface area contributed by atoms with Crippen molar-refractivity contribution in [2.24, 2.45) is 0 Å². The minimum absolute atomic E-state index is 0.128. The van der Waals surface area contributed by atoms with Crippen LogP contribution in [0.4, 0.5) is 0 Å². The molecule has 2 atom stereocenters. The van der Waals surface area contributed by atoms with Gasteiger partial charge in [-0.25, -0.2) is 4.79 Å². The van der Waals surface area contributed by atoms with Gasteiger partial charge in [0.1, 0.15) is 6.04 Å². The van der Waals surface area contributed by atoms with E-state index < -0.39 is 18.1 Å². The van der Waals surface area contributed by atoms with Crippen LogP contribution in [0.3, 0.4) is 0 Å². The normalized spacial score (nSPS) is 19.8. The molecule has 26 heavy (non-hydrogen) atoms. The topological polar surface area (TPSA) is 77.8 Å². The number of aliphatic hydroxyl groups excluding tert-OH is 1. The molecule has 1 saturated heterocycles. The van der Waals surface area contributed by atoms with Gasteiger partial charge in [-0.2, -0.15) is 0 Å². The first kappa shape index (κ1) is 22.9. The molecule has 0 unspecified atom stereocenters. The van der Waals surface area contributed by atoms with Crippen molar-refractivity contribution in [3.8, 4) is 0 Å². The fraction of sp³-hybridized carbons (Fsp3) is 0.905. The number of unbranched alkanes of at least 4 members (excludes halogenated alkanes) is 12. The largest absolute Gasteiger partial charge is 0.480 e. The third-order valence-electron chi connectivity index (χ3n) is 5.38. The van der Waals surface area contributed by atoms with Crippen molar-refractivity contribution in [3.63, 3.8) is 0 Å². The van der Waals surface area contributed by atoms with Gasteiger partial charge < -0.3 is 15.1 Å². The van der Waals surface area contributed by atoms with Crippen LogP contribution in [0.2, 0.25) is 0 Å². The Labute approximate surface area is 159 Å². The summed E-state index contributed by atoms with van der Waals surface area (Å²) in [6, 6.07) is -0.848. The lowest BCUT2D eigenvalue weighted by atomic mass is 10.0. The zero-order valence-electron chi connectivity index (χ0n) is 16.6. The molecule has 0 aromatic rings. The maximum absolute atomic E-state index is 12.2. The summed E-state index contributed by atoms with van der Waals surface area (Å²) < 4.78 is 0. The number of amides is 1. The molecule has 1 fully saturated rings. The number of hydrogen-bond acceptors (Lipinski definition) is 3. The van der Waals surface area contributed by atoms with Gasteiger partial charge in [0.2, 0.25) is 5.91 Å². The molecule has 0 spiro atoms. The van der Waals surface area contributed by atoms with Crippen molar-refractivity contribution in [2.75, 3.05) is 6.54 Å². The van der Waals surface area contributed by atoms with Crippen molar-refractivity contribution in [1.82, 2.24) is 4.90 Å². The molecule has 2 N–H and O–H groups in total. The molecule has 1 rings (SSSR count). The highest BCUT2D eigenvalue weighted by atomic mass is 16.4. The van der Waals surface area contributed by atoms with Crippen molar-refractivity contribution >= 4 is 11.9 Å². The number of likely N-dealkylation sites (tertiary alicyclic amines) is 1. The quantitative estimate of drug-likeness (QED) is 0.416. The molecule has 1 heterocycles. The molecule has 0 bridgehead atoms. The number of carboxylic acids is 1. The van der Waals surface area contributed by atoms with Crippen LogP contribution in [-0.4, -0.2) is 45.7 Å². The first-order chi connectivity index (χ1) is 12.6. The van der Waals surface area contributed by atoms with Crippen LogP contribution in [0.5, 0.6) is 0 Å². The summed E-state index contributed by atoms with van der Waals surface area (Å²) in [4.78, 5) is 24.6. The molecule has 5 heteroatoms. The third-order valence-corrected chi connectivity index (χ3v) is 5.38. The Bertz CT molecular complexity index is 399. The van der Waals surface area contributed by atoms with Gasteiger partial charge in [-0.3, -0.25) is 4.79 Å². The second kappa shape index (κ2) is 14.0. The number of carbonyl (C=O) groups excluding carboxylic acids is 1. The van der Waals surface area contributed by atoms with Crippen LogP contribution in [0.1, 0.15) is 103 Å². The van der Waals surface area contributed by atoms with Gasteiger partial charge in [-0.15, -0.1) is 0 Å². The maximum atomic E-state index is 12.2. The molecule has 0 aliphatic carbocycles. The van der Waals surface area contributed by atoms with Gasteiger partial charge in [0.15, 0.2) is 0 Å². The van der Waals surface area contributed by atoms with Gasteiger partial charge in [0.25, 0.3) is 0 Å². The highest BCUT2D eigenvalue weighted by Crippen LogP contribution is 2.20. The molecule has 1 aliphatic heterocycles. The molecule has 152 valence electrons. The molecule has 0 radical (unpaired) electrons. The average molecular weight is 370 g/mol. The molecule has 1 amide bonds. The minimum atomic E-state index is -1.01. The highest BCUT2D eigenvalue weighted by molar-refractivity contribution is 5.84.